The summed E-state index contributed by atoms with van der Waals surface area (Å²) in [6.07, 6.45) is 2.16. The lowest BCUT2D eigenvalue weighted by molar-refractivity contribution is -0.129. The van der Waals surface area contributed by atoms with Gasteiger partial charge >= 0.3 is 0 Å². The molecule has 0 amide bonds. The Labute approximate surface area is 127 Å². The Bertz CT molecular complexity index is 605. The van der Waals surface area contributed by atoms with Gasteiger partial charge in [-0.05, 0) is 30.2 Å². The van der Waals surface area contributed by atoms with E-state index in [1.54, 1.807) is 19.1 Å². The number of halogens is 2. The summed E-state index contributed by atoms with van der Waals surface area (Å²) in [6, 6.07) is 3.34. The van der Waals surface area contributed by atoms with Crippen LogP contribution in [-0.4, -0.2) is 18.7 Å². The molecule has 0 spiro atoms. The zero-order chi connectivity index (χ0) is 14.9. The molecule has 0 radical (unpaired) electrons. The number of benzene rings is 1. The first-order valence-electron chi connectivity index (χ1n) is 6.29. The summed E-state index contributed by atoms with van der Waals surface area (Å²) in [5.74, 6) is -0.291. The first kappa shape index (κ1) is 15.1. The van der Waals surface area contributed by atoms with E-state index in [0.29, 0.717) is 39.8 Å². The summed E-state index contributed by atoms with van der Waals surface area (Å²) in [5, 5.41) is 0.732. The van der Waals surface area contributed by atoms with Gasteiger partial charge in [0.15, 0.2) is 5.78 Å². The Balaban J connectivity index is 2.44. The third kappa shape index (κ3) is 2.60. The second kappa shape index (κ2) is 5.98. The van der Waals surface area contributed by atoms with Crippen molar-refractivity contribution in [1.82, 2.24) is 0 Å². The topological polar surface area (TPSA) is 43.4 Å². The normalized spacial score (nSPS) is 18.1. The van der Waals surface area contributed by atoms with Crippen LogP contribution in [0.5, 0.6) is 5.75 Å². The lowest BCUT2D eigenvalue weighted by Crippen LogP contribution is -2.17. The Morgan fingerprint density at radius 3 is 2.70 bits per heavy atom. The highest BCUT2D eigenvalue weighted by Crippen LogP contribution is 2.42. The van der Waals surface area contributed by atoms with Crippen LogP contribution < -0.4 is 4.74 Å². The minimum absolute atomic E-state index is 0.0571. The van der Waals surface area contributed by atoms with Crippen molar-refractivity contribution in [2.45, 2.75) is 19.8 Å². The molecule has 0 aromatic heterocycles. The van der Waals surface area contributed by atoms with Crippen LogP contribution in [0.15, 0.2) is 18.2 Å². The molecule has 1 aromatic rings. The molecule has 20 heavy (non-hydrogen) atoms. The molecule has 1 aliphatic rings. The zero-order valence-corrected chi connectivity index (χ0v) is 12.7. The first-order valence-corrected chi connectivity index (χ1v) is 7.04. The minimum Gasteiger partial charge on any atom is -0.496 e. The van der Waals surface area contributed by atoms with E-state index in [1.165, 1.54) is 13.2 Å². The molecule has 1 aliphatic carbocycles. The van der Waals surface area contributed by atoms with Crippen LogP contribution >= 0.6 is 23.2 Å². The fourth-order valence-electron chi connectivity index (χ4n) is 2.35. The van der Waals surface area contributed by atoms with Gasteiger partial charge in [-0.2, -0.15) is 0 Å². The SMILES string of the molecule is CCC(=O)C1CC(c2c(OC)ccc(Cl)c2Cl)=CC1=O. The smallest absolute Gasteiger partial charge is 0.166 e. The van der Waals surface area contributed by atoms with Gasteiger partial charge < -0.3 is 4.74 Å². The Morgan fingerprint density at radius 1 is 1.40 bits per heavy atom. The van der Waals surface area contributed by atoms with Crippen LogP contribution in [0.2, 0.25) is 10.0 Å². The highest BCUT2D eigenvalue weighted by Gasteiger charge is 2.33. The van der Waals surface area contributed by atoms with Crippen molar-refractivity contribution < 1.29 is 14.3 Å². The number of hydrogen-bond donors (Lipinski definition) is 0. The average Bonchev–Trinajstić information content (AvgIpc) is 2.82. The van der Waals surface area contributed by atoms with Gasteiger partial charge in [-0.25, -0.2) is 0 Å². The van der Waals surface area contributed by atoms with E-state index in [1.807, 2.05) is 0 Å². The van der Waals surface area contributed by atoms with Gasteiger partial charge in [0.05, 0.1) is 23.1 Å². The number of Topliss-reactive ketones (excluding diaryl/α,β-unsaturated/α-hetero) is 1. The monoisotopic (exact) mass is 312 g/mol. The van der Waals surface area contributed by atoms with E-state index in [2.05, 4.69) is 0 Å². The van der Waals surface area contributed by atoms with Gasteiger partial charge in [0.25, 0.3) is 0 Å². The fraction of sp³-hybridized carbons (Fsp3) is 0.333. The van der Waals surface area contributed by atoms with Gasteiger partial charge in [-0.15, -0.1) is 0 Å². The number of ketones is 2. The maximum absolute atomic E-state index is 11.9. The van der Waals surface area contributed by atoms with Crippen LogP contribution in [0.4, 0.5) is 0 Å². The van der Waals surface area contributed by atoms with Crippen LogP contribution in [-0.2, 0) is 9.59 Å². The molecule has 5 heteroatoms. The van der Waals surface area contributed by atoms with Crippen LogP contribution in [0.3, 0.4) is 0 Å². The van der Waals surface area contributed by atoms with E-state index in [0.717, 1.165) is 0 Å². The van der Waals surface area contributed by atoms with E-state index >= 15 is 0 Å². The number of ether oxygens (including phenoxy) is 1. The van der Waals surface area contributed by atoms with Crippen LogP contribution in [0, 0.1) is 5.92 Å². The molecule has 3 nitrogen and oxygen atoms in total. The molecule has 0 heterocycles. The molecule has 0 saturated heterocycles. The van der Waals surface area contributed by atoms with Gasteiger partial charge in [0.2, 0.25) is 0 Å². The first-order chi connectivity index (χ1) is 9.49. The molecule has 2 rings (SSSR count). The maximum atomic E-state index is 11.9. The van der Waals surface area contributed by atoms with E-state index in [-0.39, 0.29) is 11.6 Å². The van der Waals surface area contributed by atoms with Gasteiger partial charge in [0.1, 0.15) is 11.5 Å². The lowest BCUT2D eigenvalue weighted by Gasteiger charge is -2.13. The molecule has 0 bridgehead atoms. The lowest BCUT2D eigenvalue weighted by atomic mass is 9.95. The number of hydrogen-bond acceptors (Lipinski definition) is 3. The maximum Gasteiger partial charge on any atom is 0.166 e. The van der Waals surface area contributed by atoms with E-state index in [9.17, 15) is 9.59 Å². The molecule has 106 valence electrons. The van der Waals surface area contributed by atoms with Gasteiger partial charge in [-0.3, -0.25) is 9.59 Å². The Morgan fingerprint density at radius 2 is 2.10 bits per heavy atom. The van der Waals surface area contributed by atoms with Crippen LogP contribution in [0.1, 0.15) is 25.3 Å². The van der Waals surface area contributed by atoms with Crippen molar-refractivity contribution in [3.8, 4) is 5.75 Å². The summed E-state index contributed by atoms with van der Waals surface area (Å²) in [6.45, 7) is 1.75. The zero-order valence-electron chi connectivity index (χ0n) is 11.2. The predicted molar refractivity (Wildman–Crippen MR) is 79.4 cm³/mol. The van der Waals surface area contributed by atoms with Crippen molar-refractivity contribution in [1.29, 1.82) is 0 Å². The molecular weight excluding hydrogens is 299 g/mol. The summed E-state index contributed by atoms with van der Waals surface area (Å²) in [7, 11) is 1.52. The molecular formula is C15H14Cl2O3. The second-order valence-electron chi connectivity index (χ2n) is 4.59. The van der Waals surface area contributed by atoms with Crippen molar-refractivity contribution >= 4 is 40.3 Å². The van der Waals surface area contributed by atoms with Gasteiger partial charge in [0, 0.05) is 12.0 Å². The summed E-state index contributed by atoms with van der Waals surface area (Å²) in [4.78, 5) is 23.7. The highest BCUT2D eigenvalue weighted by atomic mass is 35.5. The number of allylic oxidation sites excluding steroid dienone is 2. The minimum atomic E-state index is -0.602. The average molecular weight is 313 g/mol. The molecule has 1 unspecified atom stereocenters. The van der Waals surface area contributed by atoms with Crippen molar-refractivity contribution in [3.63, 3.8) is 0 Å². The van der Waals surface area contributed by atoms with E-state index in [4.69, 9.17) is 27.9 Å². The predicted octanol–water partition coefficient (Wildman–Crippen LogP) is 3.95. The largest absolute Gasteiger partial charge is 0.496 e. The number of carbonyl (C=O) groups is 2. The number of carbonyl (C=O) groups excluding carboxylic acids is 2. The molecule has 1 aromatic carbocycles. The molecule has 0 fully saturated rings. The number of methoxy groups -OCH3 is 1. The fourth-order valence-corrected chi connectivity index (χ4v) is 2.78. The van der Waals surface area contributed by atoms with Crippen molar-refractivity contribution in [2.24, 2.45) is 5.92 Å². The molecule has 1 atom stereocenters. The molecule has 0 aliphatic heterocycles. The quantitative estimate of drug-likeness (QED) is 0.790. The molecule has 0 N–H and O–H groups in total. The Hall–Kier alpha value is -1.32. The van der Waals surface area contributed by atoms with Crippen LogP contribution in [0.25, 0.3) is 5.57 Å². The third-order valence-corrected chi connectivity index (χ3v) is 4.22. The van der Waals surface area contributed by atoms with E-state index < -0.39 is 5.92 Å². The Kier molecular flexibility index (Phi) is 4.51. The van der Waals surface area contributed by atoms with Crippen molar-refractivity contribution in [3.05, 3.63) is 33.8 Å². The second-order valence-corrected chi connectivity index (χ2v) is 5.37. The summed E-state index contributed by atoms with van der Waals surface area (Å²) in [5.41, 5.74) is 1.30. The summed E-state index contributed by atoms with van der Waals surface area (Å²) < 4.78 is 5.27. The number of rotatable bonds is 4. The molecule has 0 saturated carbocycles. The summed E-state index contributed by atoms with van der Waals surface area (Å²) >= 11 is 12.2. The standard InChI is InChI=1S/C15H14Cl2O3/c1-3-11(18)9-6-8(7-12(9)19)14-13(20-2)5-4-10(16)15(14)17/h4-5,7,9H,3,6H2,1-2H3. The van der Waals surface area contributed by atoms with Gasteiger partial charge in [-0.1, -0.05) is 30.1 Å². The van der Waals surface area contributed by atoms with Crippen molar-refractivity contribution in [2.75, 3.05) is 7.11 Å². The third-order valence-electron chi connectivity index (χ3n) is 3.42. The highest BCUT2D eigenvalue weighted by molar-refractivity contribution is 6.43.